The van der Waals surface area contributed by atoms with E-state index < -0.39 is 18.3 Å². The van der Waals surface area contributed by atoms with Crippen LogP contribution in [0.4, 0.5) is 0 Å². The molecule has 0 spiro atoms. The molecule has 0 N–H and O–H groups in total. The fraction of sp³-hybridized carbons (Fsp3) is 0.471. The Morgan fingerprint density at radius 1 is 1.26 bits per heavy atom. The summed E-state index contributed by atoms with van der Waals surface area (Å²) in [6.45, 7) is 9.56. The highest BCUT2D eigenvalue weighted by Gasteiger charge is 2.52. The first-order valence-electron chi connectivity index (χ1n) is 7.55. The lowest BCUT2D eigenvalue weighted by atomic mass is 9.78. The molecule has 6 heteroatoms. The Kier molecular flexibility index (Phi) is 5.36. The summed E-state index contributed by atoms with van der Waals surface area (Å²) in [6.07, 6.45) is 1.95. The second-order valence-corrected chi connectivity index (χ2v) is 7.48. The molecule has 0 bridgehead atoms. The van der Waals surface area contributed by atoms with Crippen molar-refractivity contribution in [2.45, 2.75) is 45.8 Å². The number of Topliss-reactive ketones (excluding diaryl/α,β-unsaturated/α-hetero) is 1. The van der Waals surface area contributed by atoms with Gasteiger partial charge in [0.25, 0.3) is 0 Å². The molecule has 0 saturated carbocycles. The predicted molar refractivity (Wildman–Crippen MR) is 99.4 cm³/mol. The Morgan fingerprint density at radius 2 is 1.83 bits per heavy atom. The highest BCUT2D eigenvalue weighted by Crippen LogP contribution is 2.39. The molecule has 0 aromatic heterocycles. The summed E-state index contributed by atoms with van der Waals surface area (Å²) in [4.78, 5) is 11.5. The van der Waals surface area contributed by atoms with Gasteiger partial charge in [0.2, 0.25) is 0 Å². The largest absolute Gasteiger partial charge is 0.491 e. The van der Waals surface area contributed by atoms with Gasteiger partial charge in [-0.2, -0.15) is 12.6 Å². The molecule has 1 aliphatic rings. The molecule has 0 aliphatic carbocycles. The van der Waals surface area contributed by atoms with Gasteiger partial charge in [-0.1, -0.05) is 23.7 Å². The zero-order valence-electron chi connectivity index (χ0n) is 14.1. The third kappa shape index (κ3) is 3.85. The minimum absolute atomic E-state index is 0.0501. The van der Waals surface area contributed by atoms with Gasteiger partial charge in [0.15, 0.2) is 5.78 Å². The maximum absolute atomic E-state index is 11.5. The van der Waals surface area contributed by atoms with Crippen molar-refractivity contribution in [1.82, 2.24) is 0 Å². The molecule has 1 fully saturated rings. The average molecular weight is 353 g/mol. The van der Waals surface area contributed by atoms with Gasteiger partial charge in [-0.3, -0.25) is 4.79 Å². The number of rotatable bonds is 4. The minimum Gasteiger partial charge on any atom is -0.400 e. The summed E-state index contributed by atoms with van der Waals surface area (Å²) < 4.78 is 12.1. The van der Waals surface area contributed by atoms with Crippen molar-refractivity contribution in [1.29, 1.82) is 0 Å². The molecule has 1 aromatic carbocycles. The highest BCUT2D eigenvalue weighted by molar-refractivity contribution is 7.80. The molecule has 0 atom stereocenters. The lowest BCUT2D eigenvalue weighted by Gasteiger charge is -2.32. The number of hydrogen-bond donors (Lipinski definition) is 1. The van der Waals surface area contributed by atoms with Crippen molar-refractivity contribution in [3.8, 4) is 0 Å². The Balaban J connectivity index is 2.30. The first-order valence-corrected chi connectivity index (χ1v) is 8.56. The van der Waals surface area contributed by atoms with Crippen molar-refractivity contribution in [2.24, 2.45) is 0 Å². The predicted octanol–water partition coefficient (Wildman–Crippen LogP) is 4.49. The van der Waals surface area contributed by atoms with Gasteiger partial charge < -0.3 is 9.31 Å². The quantitative estimate of drug-likeness (QED) is 0.493. The summed E-state index contributed by atoms with van der Waals surface area (Å²) in [5.41, 5.74) is 1.54. The van der Waals surface area contributed by atoms with E-state index in [0.29, 0.717) is 16.3 Å². The third-order valence-electron chi connectivity index (χ3n) is 4.46. The van der Waals surface area contributed by atoms with E-state index in [0.717, 1.165) is 11.0 Å². The molecule has 0 amide bonds. The molecule has 124 valence electrons. The van der Waals surface area contributed by atoms with E-state index in [9.17, 15) is 4.79 Å². The lowest BCUT2D eigenvalue weighted by Crippen LogP contribution is -2.41. The van der Waals surface area contributed by atoms with E-state index in [1.165, 1.54) is 6.92 Å². The normalized spacial score (nSPS) is 20.0. The van der Waals surface area contributed by atoms with Gasteiger partial charge >= 0.3 is 7.12 Å². The van der Waals surface area contributed by atoms with Crippen LogP contribution in [-0.4, -0.2) is 29.9 Å². The molecular weight excluding hydrogens is 331 g/mol. The second kappa shape index (κ2) is 6.63. The molecule has 1 heterocycles. The van der Waals surface area contributed by atoms with E-state index in [-0.39, 0.29) is 5.78 Å². The van der Waals surface area contributed by atoms with E-state index in [1.807, 2.05) is 39.8 Å². The molecular formula is C17H22BClO3S. The van der Waals surface area contributed by atoms with Gasteiger partial charge in [0, 0.05) is 11.3 Å². The molecule has 3 nitrogen and oxygen atoms in total. The van der Waals surface area contributed by atoms with Crippen molar-refractivity contribution in [3.63, 3.8) is 0 Å². The number of thiol groups is 1. The number of benzene rings is 1. The Bertz CT molecular complexity index is 639. The summed E-state index contributed by atoms with van der Waals surface area (Å²) in [5, 5.41) is 0.443. The van der Waals surface area contributed by atoms with Gasteiger partial charge in [-0.15, -0.1) is 0 Å². The van der Waals surface area contributed by atoms with E-state index in [4.69, 9.17) is 20.9 Å². The fourth-order valence-corrected chi connectivity index (χ4v) is 2.87. The maximum atomic E-state index is 11.5. The Hall–Kier alpha value is -0.745. The molecule has 0 unspecified atom stereocenters. The Morgan fingerprint density at radius 3 is 2.26 bits per heavy atom. The zero-order chi connectivity index (χ0) is 17.4. The van der Waals surface area contributed by atoms with Crippen molar-refractivity contribution < 1.29 is 14.1 Å². The zero-order valence-corrected chi connectivity index (χ0v) is 15.8. The van der Waals surface area contributed by atoms with E-state index >= 15 is 0 Å². The molecule has 1 saturated heterocycles. The first kappa shape index (κ1) is 18.6. The van der Waals surface area contributed by atoms with Crippen molar-refractivity contribution in [3.05, 3.63) is 39.8 Å². The number of ketones is 1. The third-order valence-corrected chi connectivity index (χ3v) is 5.14. The molecule has 1 aliphatic heterocycles. The molecule has 0 radical (unpaired) electrons. The van der Waals surface area contributed by atoms with Gasteiger partial charge in [0.05, 0.1) is 16.2 Å². The Labute approximate surface area is 148 Å². The topological polar surface area (TPSA) is 35.5 Å². The summed E-state index contributed by atoms with van der Waals surface area (Å²) >= 11 is 10.6. The lowest BCUT2D eigenvalue weighted by molar-refractivity contribution is 0.00578. The van der Waals surface area contributed by atoms with Gasteiger partial charge in [-0.25, -0.2) is 0 Å². The number of halogens is 1. The number of hydrogen-bond acceptors (Lipinski definition) is 4. The molecule has 1 aromatic rings. The fourth-order valence-electron chi connectivity index (χ4n) is 2.30. The van der Waals surface area contributed by atoms with Crippen LogP contribution < -0.4 is 0 Å². The summed E-state index contributed by atoms with van der Waals surface area (Å²) in [5.74, 6) is 0.453. The highest BCUT2D eigenvalue weighted by atomic mass is 35.5. The van der Waals surface area contributed by atoms with Crippen LogP contribution in [0.3, 0.4) is 0 Å². The molecule has 23 heavy (non-hydrogen) atoms. The van der Waals surface area contributed by atoms with Crippen LogP contribution in [0.25, 0.3) is 6.08 Å². The standard InChI is InChI=1S/C17H22BClO3S/c1-11(20)14-7-6-12(9-15(14)19)8-13(10-23)18-21-16(2,3)17(4,5)22-18/h6-9,23H,10H2,1-5H3. The molecule has 2 rings (SSSR count). The average Bonchev–Trinajstić information content (AvgIpc) is 2.64. The summed E-state index contributed by atoms with van der Waals surface area (Å²) in [7, 11) is -0.441. The van der Waals surface area contributed by atoms with Crippen LogP contribution in [0.15, 0.2) is 23.7 Å². The maximum Gasteiger partial charge on any atom is 0.491 e. The van der Waals surface area contributed by atoms with Gasteiger partial charge in [-0.05, 0) is 57.8 Å². The van der Waals surface area contributed by atoms with E-state index in [1.54, 1.807) is 12.1 Å². The van der Waals surface area contributed by atoms with Gasteiger partial charge in [0.1, 0.15) is 0 Å². The van der Waals surface area contributed by atoms with Crippen LogP contribution in [-0.2, 0) is 9.31 Å². The van der Waals surface area contributed by atoms with Crippen molar-refractivity contribution in [2.75, 3.05) is 5.75 Å². The van der Waals surface area contributed by atoms with Crippen molar-refractivity contribution >= 4 is 43.2 Å². The monoisotopic (exact) mass is 352 g/mol. The first-order chi connectivity index (χ1) is 10.6. The smallest absolute Gasteiger partial charge is 0.400 e. The second-order valence-electron chi connectivity index (χ2n) is 6.76. The van der Waals surface area contributed by atoms with Crippen LogP contribution >= 0.6 is 24.2 Å². The summed E-state index contributed by atoms with van der Waals surface area (Å²) in [6, 6.07) is 5.36. The van der Waals surface area contributed by atoms with E-state index in [2.05, 4.69) is 12.6 Å². The number of carbonyl (C=O) groups is 1. The van der Waals surface area contributed by atoms with Crippen LogP contribution in [0.1, 0.15) is 50.5 Å². The minimum atomic E-state index is -0.441. The van der Waals surface area contributed by atoms with Crippen LogP contribution in [0.5, 0.6) is 0 Å². The SMILES string of the molecule is CC(=O)c1ccc(C=C(CS)B2OC(C)(C)C(C)(C)O2)cc1Cl. The number of carbonyl (C=O) groups excluding carboxylic acids is 1. The van der Waals surface area contributed by atoms with Crippen LogP contribution in [0, 0.1) is 0 Å². The van der Waals surface area contributed by atoms with Crippen LogP contribution in [0.2, 0.25) is 5.02 Å².